The molecule has 0 fully saturated rings. The van der Waals surface area contributed by atoms with Gasteiger partial charge in [-0.05, 0) is 83.5 Å². The molecule has 0 aliphatic heterocycles. The van der Waals surface area contributed by atoms with E-state index in [9.17, 15) is 19.8 Å². The topological polar surface area (TPSA) is 95.9 Å². The molecule has 0 aromatic heterocycles. The summed E-state index contributed by atoms with van der Waals surface area (Å²) in [6, 6.07) is -0.541. The maximum atomic E-state index is 12.5. The van der Waals surface area contributed by atoms with Crippen molar-refractivity contribution in [1.82, 2.24) is 5.32 Å². The van der Waals surface area contributed by atoms with Crippen LogP contribution in [0.15, 0.2) is 36.5 Å². The van der Waals surface area contributed by atoms with Gasteiger partial charge in [0.05, 0.1) is 25.4 Å². The largest absolute Gasteiger partial charge is 0.466 e. The fourth-order valence-corrected chi connectivity index (χ4v) is 11.7. The average molecular weight is 1150 g/mol. The minimum atomic E-state index is -0.664. The van der Waals surface area contributed by atoms with Gasteiger partial charge in [0.1, 0.15) is 0 Å². The number of aliphatic hydroxyl groups excluding tert-OH is 2. The Labute approximate surface area is 513 Å². The summed E-state index contributed by atoms with van der Waals surface area (Å²) in [7, 11) is 0. The zero-order chi connectivity index (χ0) is 59.2. The molecular weight excluding hydrogens is 1010 g/mol. The van der Waals surface area contributed by atoms with Gasteiger partial charge in [-0.1, -0.05) is 352 Å². The highest BCUT2D eigenvalue weighted by molar-refractivity contribution is 5.76. The first kappa shape index (κ1) is 80.1. The molecule has 0 aromatic carbocycles. The number of carbonyl (C=O) groups excluding carboxylic acids is 2. The Morgan fingerprint density at radius 3 is 0.963 bits per heavy atom. The van der Waals surface area contributed by atoms with E-state index in [0.29, 0.717) is 25.9 Å². The Morgan fingerprint density at radius 2 is 0.610 bits per heavy atom. The summed E-state index contributed by atoms with van der Waals surface area (Å²) in [6.45, 7) is 4.96. The van der Waals surface area contributed by atoms with E-state index in [1.54, 1.807) is 0 Å². The molecule has 2 atom stereocenters. The van der Waals surface area contributed by atoms with E-state index in [2.05, 4.69) is 55.6 Å². The predicted molar refractivity (Wildman–Crippen MR) is 361 cm³/mol. The van der Waals surface area contributed by atoms with Crippen LogP contribution in [0, 0.1) is 0 Å². The number of hydrogen-bond donors (Lipinski definition) is 3. The van der Waals surface area contributed by atoms with E-state index in [1.807, 2.05) is 0 Å². The fourth-order valence-electron chi connectivity index (χ4n) is 11.7. The van der Waals surface area contributed by atoms with Crippen molar-refractivity contribution in [3.8, 4) is 0 Å². The first-order valence-electron chi connectivity index (χ1n) is 37.2. The maximum absolute atomic E-state index is 12.5. The molecule has 0 radical (unpaired) electrons. The molecule has 0 saturated carbocycles. The smallest absolute Gasteiger partial charge is 0.305 e. The van der Waals surface area contributed by atoms with Crippen LogP contribution in [0.4, 0.5) is 0 Å². The monoisotopic (exact) mass is 1150 g/mol. The van der Waals surface area contributed by atoms with E-state index in [0.717, 1.165) is 51.4 Å². The van der Waals surface area contributed by atoms with Crippen molar-refractivity contribution in [2.24, 2.45) is 0 Å². The minimum absolute atomic E-state index is 0.00415. The molecule has 1 amide bonds. The van der Waals surface area contributed by atoms with Crippen molar-refractivity contribution < 1.29 is 24.5 Å². The third-order valence-corrected chi connectivity index (χ3v) is 17.4. The molecule has 0 rings (SSSR count). The first-order chi connectivity index (χ1) is 40.5. The third-order valence-electron chi connectivity index (χ3n) is 17.4. The summed E-state index contributed by atoms with van der Waals surface area (Å²) in [5.41, 5.74) is 0. The molecular formula is C76H145NO5. The number of ether oxygens (including phenoxy) is 1. The molecule has 484 valence electrons. The number of unbranched alkanes of at least 4 members (excludes halogenated alkanes) is 53. The lowest BCUT2D eigenvalue weighted by Crippen LogP contribution is -2.45. The van der Waals surface area contributed by atoms with E-state index < -0.39 is 12.1 Å². The molecule has 3 N–H and O–H groups in total. The Balaban J connectivity index is 3.36. The number of hydrogen-bond acceptors (Lipinski definition) is 5. The number of esters is 1. The van der Waals surface area contributed by atoms with Gasteiger partial charge >= 0.3 is 5.97 Å². The van der Waals surface area contributed by atoms with E-state index >= 15 is 0 Å². The van der Waals surface area contributed by atoms with Crippen LogP contribution < -0.4 is 5.32 Å². The second-order valence-electron chi connectivity index (χ2n) is 25.6. The van der Waals surface area contributed by atoms with Crippen LogP contribution in [-0.2, 0) is 14.3 Å². The number of carbonyl (C=O) groups is 2. The summed E-state index contributed by atoms with van der Waals surface area (Å²) in [5, 5.41) is 23.4. The lowest BCUT2D eigenvalue weighted by molar-refractivity contribution is -0.143. The van der Waals surface area contributed by atoms with Crippen molar-refractivity contribution in [2.75, 3.05) is 13.2 Å². The predicted octanol–water partition coefficient (Wildman–Crippen LogP) is 24.3. The highest BCUT2D eigenvalue weighted by Crippen LogP contribution is 2.19. The van der Waals surface area contributed by atoms with Crippen molar-refractivity contribution in [1.29, 1.82) is 0 Å². The average Bonchev–Trinajstić information content (AvgIpc) is 3.48. The van der Waals surface area contributed by atoms with Crippen LogP contribution in [0.3, 0.4) is 0 Å². The van der Waals surface area contributed by atoms with Gasteiger partial charge in [0, 0.05) is 12.8 Å². The quantitative estimate of drug-likeness (QED) is 0.0320. The molecule has 2 unspecified atom stereocenters. The van der Waals surface area contributed by atoms with Crippen LogP contribution in [0.1, 0.15) is 412 Å². The molecule has 6 nitrogen and oxygen atoms in total. The van der Waals surface area contributed by atoms with Crippen LogP contribution >= 0.6 is 0 Å². The highest BCUT2D eigenvalue weighted by atomic mass is 16.5. The summed E-state index contributed by atoms with van der Waals surface area (Å²) in [4.78, 5) is 24.6. The number of aliphatic hydroxyl groups is 2. The van der Waals surface area contributed by atoms with Crippen LogP contribution in [-0.4, -0.2) is 47.4 Å². The van der Waals surface area contributed by atoms with Crippen molar-refractivity contribution in [3.63, 3.8) is 0 Å². The number of nitrogens with one attached hydrogen (secondary N) is 1. The van der Waals surface area contributed by atoms with E-state index in [1.165, 1.54) is 327 Å². The van der Waals surface area contributed by atoms with E-state index in [4.69, 9.17) is 4.74 Å². The third kappa shape index (κ3) is 67.2. The summed E-state index contributed by atoms with van der Waals surface area (Å²) in [6.07, 6.45) is 92.1. The molecule has 82 heavy (non-hydrogen) atoms. The Bertz CT molecular complexity index is 1330. The highest BCUT2D eigenvalue weighted by Gasteiger charge is 2.20. The maximum Gasteiger partial charge on any atom is 0.305 e. The normalized spacial score (nSPS) is 12.7. The summed E-state index contributed by atoms with van der Waals surface area (Å²) < 4.78 is 5.49. The summed E-state index contributed by atoms with van der Waals surface area (Å²) in [5.74, 6) is -0.0247. The van der Waals surface area contributed by atoms with Gasteiger partial charge in [0.25, 0.3) is 0 Å². The van der Waals surface area contributed by atoms with Crippen LogP contribution in [0.5, 0.6) is 0 Å². The Hall–Kier alpha value is -1.92. The second-order valence-corrected chi connectivity index (χ2v) is 25.6. The standard InChI is InChI=1S/C76H145NO5/c1-3-5-7-9-11-13-15-17-19-20-34-37-41-44-48-52-56-60-64-68-74(79)73(72-78)77-75(80)69-65-61-57-53-49-45-42-38-35-32-30-28-26-24-22-21-23-25-27-29-31-33-36-39-43-47-51-55-59-63-67-71-82-76(81)70-66-62-58-54-50-46-40-18-16-14-12-10-8-6-4-2/h12,14,18,23,25,40,73-74,78-79H,3-11,13,15-17,19-22,24,26-39,41-72H2,1-2H3,(H,77,80)/b14-12-,25-23-,40-18-. The SMILES string of the molecule is CCCCC/C=C\C/C=C\CCCCCCCC(=O)OCCCCCCCCCCCCCC/C=C\CCCCCCCCCCCCCCCCCC(=O)NC(CO)C(O)CCCCCCCCCCCCCCCCCCCCC. The molecule has 0 bridgehead atoms. The van der Waals surface area contributed by atoms with Crippen molar-refractivity contribution in [2.45, 2.75) is 424 Å². The van der Waals surface area contributed by atoms with Gasteiger partial charge in [0.2, 0.25) is 5.91 Å². The van der Waals surface area contributed by atoms with Gasteiger partial charge < -0.3 is 20.3 Å². The number of allylic oxidation sites excluding steroid dienone is 6. The van der Waals surface area contributed by atoms with Crippen molar-refractivity contribution in [3.05, 3.63) is 36.5 Å². The minimum Gasteiger partial charge on any atom is -0.466 e. The zero-order valence-corrected chi connectivity index (χ0v) is 55.5. The van der Waals surface area contributed by atoms with Gasteiger partial charge in [0.15, 0.2) is 0 Å². The zero-order valence-electron chi connectivity index (χ0n) is 55.5. The molecule has 0 aliphatic rings. The van der Waals surface area contributed by atoms with Gasteiger partial charge in [-0.3, -0.25) is 9.59 Å². The molecule has 0 heterocycles. The lowest BCUT2D eigenvalue weighted by Gasteiger charge is -2.22. The Kier molecular flexibility index (Phi) is 69.9. The summed E-state index contributed by atoms with van der Waals surface area (Å²) >= 11 is 0. The number of amides is 1. The van der Waals surface area contributed by atoms with Crippen LogP contribution in [0.2, 0.25) is 0 Å². The van der Waals surface area contributed by atoms with Gasteiger partial charge in [-0.15, -0.1) is 0 Å². The fraction of sp³-hybridized carbons (Fsp3) is 0.895. The van der Waals surface area contributed by atoms with E-state index in [-0.39, 0.29) is 18.5 Å². The Morgan fingerprint density at radius 1 is 0.341 bits per heavy atom. The molecule has 0 spiro atoms. The van der Waals surface area contributed by atoms with Gasteiger partial charge in [-0.25, -0.2) is 0 Å². The first-order valence-corrected chi connectivity index (χ1v) is 37.2. The van der Waals surface area contributed by atoms with Crippen molar-refractivity contribution >= 4 is 11.9 Å². The lowest BCUT2D eigenvalue weighted by atomic mass is 10.0. The van der Waals surface area contributed by atoms with Crippen LogP contribution in [0.25, 0.3) is 0 Å². The second kappa shape index (κ2) is 71.6. The molecule has 0 aromatic rings. The number of rotatable bonds is 70. The molecule has 0 saturated heterocycles. The molecule has 6 heteroatoms. The molecule has 0 aliphatic carbocycles. The van der Waals surface area contributed by atoms with Gasteiger partial charge in [-0.2, -0.15) is 0 Å².